The van der Waals surface area contributed by atoms with Crippen LogP contribution in [0, 0.1) is 6.92 Å². The summed E-state index contributed by atoms with van der Waals surface area (Å²) in [6.45, 7) is 6.12. The topological polar surface area (TPSA) is 9.37 Å². The van der Waals surface area contributed by atoms with Gasteiger partial charge in [0.2, 0.25) is 0 Å². The number of nitrogens with zero attached hydrogens (tertiary/aromatic N) is 1. The van der Waals surface area contributed by atoms with Crippen LogP contribution >= 0.6 is 0 Å². The van der Waals surface area contributed by atoms with Gasteiger partial charge in [0.25, 0.3) is 0 Å². The minimum atomic E-state index is 0.925. The Hall–Kier alpha value is -3.10. The fraction of sp³-hybridized carbons (Fsp3) is 0.185. The van der Waals surface area contributed by atoms with Gasteiger partial charge in [-0.2, -0.15) is 0 Å². The van der Waals surface area contributed by atoms with E-state index >= 15 is 0 Å². The number of benzene rings is 3. The molecule has 0 saturated carbocycles. The fourth-order valence-corrected chi connectivity index (χ4v) is 3.98. The molecule has 0 aliphatic heterocycles. The van der Waals surface area contributed by atoms with E-state index in [1.165, 1.54) is 27.9 Å². The van der Waals surface area contributed by atoms with Crippen molar-refractivity contribution in [1.29, 1.82) is 0 Å². The lowest BCUT2D eigenvalue weighted by atomic mass is 10.1. The van der Waals surface area contributed by atoms with Gasteiger partial charge in [-0.1, -0.05) is 90.5 Å². The molecule has 0 aliphatic carbocycles. The van der Waals surface area contributed by atoms with Gasteiger partial charge in [-0.3, -0.25) is 0 Å². The van der Waals surface area contributed by atoms with E-state index in [1.54, 1.807) is 4.90 Å². The van der Waals surface area contributed by atoms with Crippen molar-refractivity contribution in [3.8, 4) is 0 Å². The highest BCUT2D eigenvalue weighted by atomic mass is 15.1. The van der Waals surface area contributed by atoms with Crippen LogP contribution in [0.1, 0.15) is 27.9 Å². The third kappa shape index (κ3) is 5.46. The van der Waals surface area contributed by atoms with E-state index in [1.807, 2.05) is 0 Å². The largest absolute Gasteiger partial charge is 0.342 e. The molecule has 1 heterocycles. The van der Waals surface area contributed by atoms with Crippen LogP contribution in [0.25, 0.3) is 0 Å². The highest BCUT2D eigenvalue weighted by molar-refractivity contribution is 5.23. The molecule has 1 N–H and O–H groups in total. The Labute approximate surface area is 174 Å². The van der Waals surface area contributed by atoms with Crippen molar-refractivity contribution in [1.82, 2.24) is 4.57 Å². The summed E-state index contributed by atoms with van der Waals surface area (Å²) in [4.78, 5) is 1.55. The lowest BCUT2D eigenvalue weighted by Gasteiger charge is -2.21. The highest BCUT2D eigenvalue weighted by Crippen LogP contribution is 2.10. The maximum Gasteiger partial charge on any atom is 0.119 e. The minimum absolute atomic E-state index is 0.925. The van der Waals surface area contributed by atoms with Gasteiger partial charge in [0, 0.05) is 23.9 Å². The van der Waals surface area contributed by atoms with Crippen molar-refractivity contribution in [2.75, 3.05) is 0 Å². The van der Waals surface area contributed by atoms with Gasteiger partial charge in [0.15, 0.2) is 0 Å². The smallest absolute Gasteiger partial charge is 0.119 e. The Morgan fingerprint density at radius 2 is 1.24 bits per heavy atom. The SMILES string of the molecule is Cc1cccc(Cn2cccc2C[NH+](Cc2ccccc2)Cc2ccccc2)c1. The van der Waals surface area contributed by atoms with E-state index in [-0.39, 0.29) is 0 Å². The van der Waals surface area contributed by atoms with Crippen LogP contribution in [0.2, 0.25) is 0 Å². The summed E-state index contributed by atoms with van der Waals surface area (Å²) in [6.07, 6.45) is 2.21. The second-order valence-corrected chi connectivity index (χ2v) is 7.87. The molecule has 0 unspecified atom stereocenters. The number of nitrogens with one attached hydrogen (secondary N) is 1. The Morgan fingerprint density at radius 1 is 0.621 bits per heavy atom. The van der Waals surface area contributed by atoms with Crippen LogP contribution in [0.4, 0.5) is 0 Å². The number of hydrogen-bond donors (Lipinski definition) is 1. The van der Waals surface area contributed by atoms with Gasteiger partial charge in [0.05, 0.1) is 5.69 Å². The lowest BCUT2D eigenvalue weighted by Crippen LogP contribution is -3.08. The third-order valence-electron chi connectivity index (χ3n) is 5.38. The molecule has 146 valence electrons. The third-order valence-corrected chi connectivity index (χ3v) is 5.38. The van der Waals surface area contributed by atoms with Crippen LogP contribution < -0.4 is 4.90 Å². The molecule has 2 nitrogen and oxygen atoms in total. The van der Waals surface area contributed by atoms with Crippen molar-refractivity contribution in [2.45, 2.75) is 33.1 Å². The van der Waals surface area contributed by atoms with Gasteiger partial charge >= 0.3 is 0 Å². The molecular weight excluding hydrogens is 352 g/mol. The maximum atomic E-state index is 2.39. The average Bonchev–Trinajstić information content (AvgIpc) is 3.16. The molecule has 29 heavy (non-hydrogen) atoms. The van der Waals surface area contributed by atoms with Crippen molar-refractivity contribution < 1.29 is 4.90 Å². The summed E-state index contributed by atoms with van der Waals surface area (Å²) in [7, 11) is 0. The number of quaternary nitrogens is 1. The molecule has 1 aromatic heterocycles. The van der Waals surface area contributed by atoms with E-state index in [0.29, 0.717) is 0 Å². The predicted molar refractivity (Wildman–Crippen MR) is 120 cm³/mol. The van der Waals surface area contributed by atoms with Crippen molar-refractivity contribution in [3.63, 3.8) is 0 Å². The first-order valence-corrected chi connectivity index (χ1v) is 10.4. The predicted octanol–water partition coefficient (Wildman–Crippen LogP) is 4.63. The highest BCUT2D eigenvalue weighted by Gasteiger charge is 2.14. The fourth-order valence-electron chi connectivity index (χ4n) is 3.98. The molecule has 0 aliphatic rings. The number of hydrogen-bond acceptors (Lipinski definition) is 0. The number of aryl methyl sites for hydroxylation is 1. The monoisotopic (exact) mass is 381 g/mol. The van der Waals surface area contributed by atoms with E-state index in [9.17, 15) is 0 Å². The second kappa shape index (κ2) is 9.40. The standard InChI is InChI=1S/C27H28N2/c1-23-10-8-15-26(18-23)21-29-17-9-16-27(29)22-28(19-24-11-4-2-5-12-24)20-25-13-6-3-7-14-25/h2-18H,19-22H2,1H3/p+1. The zero-order valence-corrected chi connectivity index (χ0v) is 17.1. The van der Waals surface area contributed by atoms with Crippen molar-refractivity contribution in [3.05, 3.63) is 131 Å². The summed E-state index contributed by atoms with van der Waals surface area (Å²) < 4.78 is 2.39. The summed E-state index contributed by atoms with van der Waals surface area (Å²) >= 11 is 0. The van der Waals surface area contributed by atoms with E-state index in [4.69, 9.17) is 0 Å². The van der Waals surface area contributed by atoms with E-state index in [2.05, 4.69) is 115 Å². The van der Waals surface area contributed by atoms with Crippen LogP contribution in [-0.2, 0) is 26.2 Å². The van der Waals surface area contributed by atoms with E-state index in [0.717, 1.165) is 26.2 Å². The van der Waals surface area contributed by atoms with Gasteiger partial charge < -0.3 is 9.47 Å². The molecular formula is C27H29N2+. The van der Waals surface area contributed by atoms with Crippen LogP contribution in [0.3, 0.4) is 0 Å². The maximum absolute atomic E-state index is 2.39. The molecule has 0 radical (unpaired) electrons. The average molecular weight is 382 g/mol. The lowest BCUT2D eigenvalue weighted by molar-refractivity contribution is -0.941. The first-order chi connectivity index (χ1) is 14.3. The molecule has 0 atom stereocenters. The summed E-state index contributed by atoms with van der Waals surface area (Å²) in [5.41, 5.74) is 6.82. The molecule has 0 bridgehead atoms. The van der Waals surface area contributed by atoms with Crippen LogP contribution in [-0.4, -0.2) is 4.57 Å². The molecule has 4 aromatic rings. The number of aromatic nitrogens is 1. The summed E-state index contributed by atoms with van der Waals surface area (Å²) in [5, 5.41) is 0. The Morgan fingerprint density at radius 3 is 1.86 bits per heavy atom. The second-order valence-electron chi connectivity index (χ2n) is 7.87. The Bertz CT molecular complexity index is 977. The molecule has 2 heteroatoms. The summed E-state index contributed by atoms with van der Waals surface area (Å²) in [6, 6.07) is 34.9. The normalized spacial score (nSPS) is 11.1. The first kappa shape index (κ1) is 19.2. The Kier molecular flexibility index (Phi) is 6.23. The van der Waals surface area contributed by atoms with Crippen LogP contribution in [0.5, 0.6) is 0 Å². The zero-order valence-electron chi connectivity index (χ0n) is 17.1. The molecule has 0 amide bonds. The van der Waals surface area contributed by atoms with Crippen LogP contribution in [0.15, 0.2) is 103 Å². The first-order valence-electron chi connectivity index (χ1n) is 10.4. The minimum Gasteiger partial charge on any atom is -0.342 e. The van der Waals surface area contributed by atoms with Gasteiger partial charge in [-0.15, -0.1) is 0 Å². The molecule has 0 saturated heterocycles. The molecule has 0 fully saturated rings. The quantitative estimate of drug-likeness (QED) is 0.456. The van der Waals surface area contributed by atoms with Crippen molar-refractivity contribution >= 4 is 0 Å². The Balaban J connectivity index is 1.53. The summed E-state index contributed by atoms with van der Waals surface area (Å²) in [5.74, 6) is 0. The van der Waals surface area contributed by atoms with Crippen molar-refractivity contribution in [2.24, 2.45) is 0 Å². The molecule has 0 spiro atoms. The van der Waals surface area contributed by atoms with Gasteiger partial charge in [-0.05, 0) is 24.6 Å². The van der Waals surface area contributed by atoms with E-state index < -0.39 is 0 Å². The number of rotatable bonds is 8. The van der Waals surface area contributed by atoms with Gasteiger partial charge in [-0.25, -0.2) is 0 Å². The zero-order chi connectivity index (χ0) is 19.9. The van der Waals surface area contributed by atoms with Gasteiger partial charge in [0.1, 0.15) is 19.6 Å². The molecule has 4 rings (SSSR count). The molecule has 3 aromatic carbocycles.